The Kier molecular flexibility index (Phi) is 6.98. The molecule has 0 unspecified atom stereocenters. The van der Waals surface area contributed by atoms with Crippen LogP contribution in [-0.4, -0.2) is 0 Å². The predicted molar refractivity (Wildman–Crippen MR) is 234 cm³/mol. The Morgan fingerprint density at radius 1 is 0.375 bits per heavy atom. The molecule has 2 nitrogen and oxygen atoms in total. The predicted octanol–water partition coefficient (Wildman–Crippen LogP) is 15.0. The topological polar surface area (TPSA) is 16.4 Å². The summed E-state index contributed by atoms with van der Waals surface area (Å²) in [5, 5.41) is 2.33. The van der Waals surface area contributed by atoms with Gasteiger partial charge in [0.1, 0.15) is 11.2 Å². The Bertz CT molecular complexity index is 3000. The van der Waals surface area contributed by atoms with E-state index >= 15 is 0 Å². The number of hydrogen-bond acceptors (Lipinski definition) is 2. The van der Waals surface area contributed by atoms with E-state index in [1.165, 1.54) is 72.1 Å². The zero-order valence-electron chi connectivity index (χ0n) is 32.1. The highest BCUT2D eigenvalue weighted by Crippen LogP contribution is 2.54. The number of benzene rings is 8. The zero-order valence-corrected chi connectivity index (χ0v) is 32.1. The van der Waals surface area contributed by atoms with E-state index in [0.717, 1.165) is 33.6 Å². The number of fused-ring (bicyclic) bond motifs is 10. The molecule has 0 spiro atoms. The largest absolute Gasteiger partial charge is 0.455 e. The first-order valence-corrected chi connectivity index (χ1v) is 19.7. The molecule has 2 aliphatic rings. The molecule has 9 aromatic rings. The lowest BCUT2D eigenvalue weighted by molar-refractivity contribution is 0.653. The first-order chi connectivity index (χ1) is 27.3. The van der Waals surface area contributed by atoms with Gasteiger partial charge in [-0.05, 0) is 110 Å². The normalized spacial score (nSPS) is 14.4. The van der Waals surface area contributed by atoms with Crippen LogP contribution in [0.5, 0.6) is 0 Å². The van der Waals surface area contributed by atoms with E-state index in [4.69, 9.17) is 4.42 Å². The minimum atomic E-state index is -0.207. The summed E-state index contributed by atoms with van der Waals surface area (Å²) in [6.45, 7) is 9.39. The van der Waals surface area contributed by atoms with Gasteiger partial charge in [-0.2, -0.15) is 0 Å². The van der Waals surface area contributed by atoms with Gasteiger partial charge in [-0.3, -0.25) is 0 Å². The van der Waals surface area contributed by atoms with E-state index in [2.05, 4.69) is 202 Å². The fraction of sp³-hybridized carbons (Fsp3) is 0.111. The van der Waals surface area contributed by atoms with Crippen molar-refractivity contribution in [2.75, 3.05) is 4.90 Å². The van der Waals surface area contributed by atoms with Gasteiger partial charge >= 0.3 is 0 Å². The summed E-state index contributed by atoms with van der Waals surface area (Å²) < 4.78 is 6.60. The van der Waals surface area contributed by atoms with Gasteiger partial charge < -0.3 is 9.32 Å². The van der Waals surface area contributed by atoms with Crippen LogP contribution < -0.4 is 4.90 Å². The molecule has 0 saturated carbocycles. The number of nitrogens with zero attached hydrogens (tertiary/aromatic N) is 1. The third-order valence-corrected chi connectivity index (χ3v) is 12.7. The van der Waals surface area contributed by atoms with Crippen molar-refractivity contribution in [3.8, 4) is 44.5 Å². The second kappa shape index (κ2) is 11.9. The Hall–Kier alpha value is -6.64. The highest BCUT2D eigenvalue weighted by Gasteiger charge is 2.39. The van der Waals surface area contributed by atoms with Gasteiger partial charge in [0.15, 0.2) is 0 Å². The molecule has 0 fully saturated rings. The van der Waals surface area contributed by atoms with E-state index in [1.807, 2.05) is 6.07 Å². The first-order valence-electron chi connectivity index (χ1n) is 19.7. The molecule has 0 atom stereocenters. The minimum Gasteiger partial charge on any atom is -0.455 e. The van der Waals surface area contributed by atoms with Crippen LogP contribution in [0.15, 0.2) is 180 Å². The van der Waals surface area contributed by atoms with Gasteiger partial charge in [-0.15, -0.1) is 0 Å². The number of anilines is 3. The van der Waals surface area contributed by atoms with E-state index in [9.17, 15) is 0 Å². The standard InChI is InChI=1S/C54H41NO/c1-53(2)46-16-10-8-14-41(46)42-28-22-37(32-48(42)53)36-20-25-39(26-21-36)55(38-23-18-35(19-24-38)34-12-6-5-7-13-34)40-27-29-45-49(33-40)54(3,4)47-31-30-44-43-15-9-11-17-50(43)56-52(44)51(45)47/h5-33H,1-4H3. The van der Waals surface area contributed by atoms with Crippen molar-refractivity contribution in [2.24, 2.45) is 0 Å². The summed E-state index contributed by atoms with van der Waals surface area (Å²) >= 11 is 0. The van der Waals surface area contributed by atoms with Crippen molar-refractivity contribution in [3.63, 3.8) is 0 Å². The summed E-state index contributed by atoms with van der Waals surface area (Å²) in [6.07, 6.45) is 0. The Morgan fingerprint density at radius 2 is 0.929 bits per heavy atom. The molecule has 0 amide bonds. The monoisotopic (exact) mass is 719 g/mol. The molecule has 1 heterocycles. The lowest BCUT2D eigenvalue weighted by atomic mass is 9.81. The van der Waals surface area contributed by atoms with Crippen molar-refractivity contribution in [3.05, 3.63) is 198 Å². The van der Waals surface area contributed by atoms with E-state index in [-0.39, 0.29) is 10.8 Å². The van der Waals surface area contributed by atoms with Gasteiger partial charge in [0.25, 0.3) is 0 Å². The first kappa shape index (κ1) is 32.8. The molecule has 0 saturated heterocycles. The SMILES string of the molecule is CC1(C)c2ccccc2-c2ccc(-c3ccc(N(c4ccc(-c5ccccc5)cc4)c4ccc5c(c4)C(C)(C)c4ccc6c(oc7ccccc76)c4-5)cc3)cc21. The smallest absolute Gasteiger partial charge is 0.143 e. The zero-order chi connectivity index (χ0) is 37.8. The van der Waals surface area contributed by atoms with E-state index in [1.54, 1.807) is 0 Å². The van der Waals surface area contributed by atoms with Crippen LogP contribution >= 0.6 is 0 Å². The van der Waals surface area contributed by atoms with Crippen LogP contribution in [0.1, 0.15) is 49.9 Å². The average molecular weight is 720 g/mol. The van der Waals surface area contributed by atoms with Gasteiger partial charge in [-0.1, -0.05) is 155 Å². The Morgan fingerprint density at radius 3 is 1.70 bits per heavy atom. The minimum absolute atomic E-state index is 0.0399. The van der Waals surface area contributed by atoms with Gasteiger partial charge in [-0.25, -0.2) is 0 Å². The fourth-order valence-corrected chi connectivity index (χ4v) is 9.70. The van der Waals surface area contributed by atoms with Crippen molar-refractivity contribution < 1.29 is 4.42 Å². The third kappa shape index (κ3) is 4.75. The number of furan rings is 1. The van der Waals surface area contributed by atoms with Gasteiger partial charge in [0.05, 0.1) is 0 Å². The Balaban J connectivity index is 1.02. The number of hydrogen-bond donors (Lipinski definition) is 0. The molecule has 56 heavy (non-hydrogen) atoms. The molecule has 2 heteroatoms. The third-order valence-electron chi connectivity index (χ3n) is 12.7. The summed E-state index contributed by atoms with van der Waals surface area (Å²) in [7, 11) is 0. The number of para-hydroxylation sites is 1. The van der Waals surface area contributed by atoms with Crippen LogP contribution in [0.3, 0.4) is 0 Å². The van der Waals surface area contributed by atoms with Crippen molar-refractivity contribution >= 4 is 39.0 Å². The van der Waals surface area contributed by atoms with E-state index < -0.39 is 0 Å². The van der Waals surface area contributed by atoms with Crippen molar-refractivity contribution in [2.45, 2.75) is 38.5 Å². The van der Waals surface area contributed by atoms with Crippen LogP contribution in [0.2, 0.25) is 0 Å². The molecule has 2 aliphatic carbocycles. The highest BCUT2D eigenvalue weighted by atomic mass is 16.3. The van der Waals surface area contributed by atoms with Crippen LogP contribution in [0.4, 0.5) is 17.1 Å². The summed E-state index contributed by atoms with van der Waals surface area (Å²) in [6, 6.07) is 64.5. The second-order valence-electron chi connectivity index (χ2n) is 16.5. The van der Waals surface area contributed by atoms with Crippen LogP contribution in [0, 0.1) is 0 Å². The maximum Gasteiger partial charge on any atom is 0.143 e. The van der Waals surface area contributed by atoms with Crippen LogP contribution in [-0.2, 0) is 10.8 Å². The maximum atomic E-state index is 6.60. The molecule has 1 aromatic heterocycles. The lowest BCUT2D eigenvalue weighted by Gasteiger charge is -2.28. The maximum absolute atomic E-state index is 6.60. The highest BCUT2D eigenvalue weighted by molar-refractivity contribution is 6.12. The fourth-order valence-electron chi connectivity index (χ4n) is 9.70. The number of rotatable bonds is 5. The summed E-state index contributed by atoms with van der Waals surface area (Å²) in [4.78, 5) is 2.40. The molecular formula is C54H41NO. The molecular weight excluding hydrogens is 679 g/mol. The van der Waals surface area contributed by atoms with Gasteiger partial charge in [0.2, 0.25) is 0 Å². The quantitative estimate of drug-likeness (QED) is 0.176. The average Bonchev–Trinajstić information content (AvgIpc) is 3.81. The molecule has 0 radical (unpaired) electrons. The second-order valence-corrected chi connectivity index (χ2v) is 16.5. The molecule has 0 N–H and O–H groups in total. The molecule has 0 bridgehead atoms. The van der Waals surface area contributed by atoms with Gasteiger partial charge in [0, 0.05) is 44.2 Å². The van der Waals surface area contributed by atoms with Crippen molar-refractivity contribution in [1.82, 2.24) is 0 Å². The molecule has 8 aromatic carbocycles. The van der Waals surface area contributed by atoms with Crippen molar-refractivity contribution in [1.29, 1.82) is 0 Å². The Labute approximate surface area is 328 Å². The van der Waals surface area contributed by atoms with Crippen LogP contribution in [0.25, 0.3) is 66.4 Å². The molecule has 0 aliphatic heterocycles. The molecule has 268 valence electrons. The lowest BCUT2D eigenvalue weighted by Crippen LogP contribution is -2.16. The summed E-state index contributed by atoms with van der Waals surface area (Å²) in [5.74, 6) is 0. The van der Waals surface area contributed by atoms with E-state index in [0.29, 0.717) is 0 Å². The summed E-state index contributed by atoms with van der Waals surface area (Å²) in [5.41, 5.74) is 20.4. The molecule has 11 rings (SSSR count).